The van der Waals surface area contributed by atoms with Gasteiger partial charge >= 0.3 is 0 Å². The number of hydrogen-bond donors (Lipinski definition) is 2. The minimum Gasteiger partial charge on any atom is -0.370 e. The summed E-state index contributed by atoms with van der Waals surface area (Å²) in [7, 11) is 0. The number of amides is 1. The molecular weight excluding hydrogens is 258 g/mol. The summed E-state index contributed by atoms with van der Waals surface area (Å²) in [6.07, 6.45) is 7.13. The number of aromatic nitrogens is 1. The molecule has 0 saturated heterocycles. The summed E-state index contributed by atoms with van der Waals surface area (Å²) in [4.78, 5) is 16.3. The smallest absolute Gasteiger partial charge is 0.253 e. The van der Waals surface area contributed by atoms with Crippen molar-refractivity contribution in [1.82, 2.24) is 10.3 Å². The van der Waals surface area contributed by atoms with E-state index in [1.807, 2.05) is 30.8 Å². The van der Waals surface area contributed by atoms with Crippen molar-refractivity contribution in [3.8, 4) is 0 Å². The van der Waals surface area contributed by atoms with Crippen LogP contribution in [0.1, 0.15) is 36.5 Å². The van der Waals surface area contributed by atoms with Crippen LogP contribution in [0.2, 0.25) is 0 Å². The Balaban J connectivity index is 1.89. The van der Waals surface area contributed by atoms with Crippen molar-refractivity contribution in [3.63, 3.8) is 0 Å². The monoisotopic (exact) mass is 279 g/mol. The SMILES string of the molecule is CCNc1ccc(C(=O)NC2CCC(SC)C2)cn1. The first-order chi connectivity index (χ1) is 9.22. The molecule has 4 nitrogen and oxygen atoms in total. The molecule has 1 aromatic heterocycles. The van der Waals surface area contributed by atoms with E-state index in [1.165, 1.54) is 6.42 Å². The van der Waals surface area contributed by atoms with Gasteiger partial charge < -0.3 is 10.6 Å². The number of hydrogen-bond acceptors (Lipinski definition) is 4. The van der Waals surface area contributed by atoms with Crippen molar-refractivity contribution < 1.29 is 4.79 Å². The summed E-state index contributed by atoms with van der Waals surface area (Å²) >= 11 is 1.89. The standard InChI is InChI=1S/C14H21N3OS/c1-3-15-13-7-4-10(9-16-13)14(18)17-11-5-6-12(8-11)19-2/h4,7,9,11-12H,3,5-6,8H2,1-2H3,(H,15,16)(H,17,18). The fraction of sp³-hybridized carbons (Fsp3) is 0.571. The lowest BCUT2D eigenvalue weighted by Crippen LogP contribution is -2.33. The third kappa shape index (κ3) is 3.86. The van der Waals surface area contributed by atoms with Gasteiger partial charge in [-0.15, -0.1) is 0 Å². The zero-order valence-corrected chi connectivity index (χ0v) is 12.3. The number of rotatable bonds is 5. The van der Waals surface area contributed by atoms with Gasteiger partial charge in [0.15, 0.2) is 0 Å². The summed E-state index contributed by atoms with van der Waals surface area (Å²) in [6, 6.07) is 3.98. The highest BCUT2D eigenvalue weighted by atomic mass is 32.2. The van der Waals surface area contributed by atoms with Crippen LogP contribution >= 0.6 is 11.8 Å². The van der Waals surface area contributed by atoms with E-state index < -0.39 is 0 Å². The second kappa shape index (κ2) is 6.80. The minimum atomic E-state index is -0.0118. The predicted molar refractivity (Wildman–Crippen MR) is 80.8 cm³/mol. The van der Waals surface area contributed by atoms with Gasteiger partial charge in [0.2, 0.25) is 0 Å². The van der Waals surface area contributed by atoms with Crippen molar-refractivity contribution in [3.05, 3.63) is 23.9 Å². The first-order valence-corrected chi connectivity index (χ1v) is 8.05. The number of pyridine rings is 1. The maximum absolute atomic E-state index is 12.1. The highest BCUT2D eigenvalue weighted by Crippen LogP contribution is 2.28. The Kier molecular flexibility index (Phi) is 5.07. The predicted octanol–water partition coefficient (Wildman–Crippen LogP) is 2.53. The number of nitrogens with zero attached hydrogens (tertiary/aromatic N) is 1. The van der Waals surface area contributed by atoms with E-state index in [-0.39, 0.29) is 5.91 Å². The Hall–Kier alpha value is -1.23. The van der Waals surface area contributed by atoms with Gasteiger partial charge in [-0.05, 0) is 44.6 Å². The van der Waals surface area contributed by atoms with E-state index in [4.69, 9.17) is 0 Å². The Morgan fingerprint density at radius 1 is 1.47 bits per heavy atom. The highest BCUT2D eigenvalue weighted by molar-refractivity contribution is 7.99. The fourth-order valence-electron chi connectivity index (χ4n) is 2.37. The van der Waals surface area contributed by atoms with Crippen LogP contribution in [0.5, 0.6) is 0 Å². The van der Waals surface area contributed by atoms with E-state index in [1.54, 1.807) is 6.20 Å². The quantitative estimate of drug-likeness (QED) is 0.869. The topological polar surface area (TPSA) is 54.0 Å². The molecule has 2 N–H and O–H groups in total. The molecule has 0 aromatic carbocycles. The molecule has 19 heavy (non-hydrogen) atoms. The van der Waals surface area contributed by atoms with Crippen LogP contribution in [-0.2, 0) is 0 Å². The van der Waals surface area contributed by atoms with Crippen molar-refractivity contribution in [1.29, 1.82) is 0 Å². The van der Waals surface area contributed by atoms with Crippen LogP contribution in [-0.4, -0.2) is 35.0 Å². The lowest BCUT2D eigenvalue weighted by Gasteiger charge is -2.13. The van der Waals surface area contributed by atoms with Crippen LogP contribution in [0.4, 0.5) is 5.82 Å². The van der Waals surface area contributed by atoms with Crippen LogP contribution in [0.25, 0.3) is 0 Å². The van der Waals surface area contributed by atoms with Gasteiger partial charge in [0, 0.05) is 24.0 Å². The van der Waals surface area contributed by atoms with Gasteiger partial charge in [0.25, 0.3) is 5.91 Å². The molecule has 0 bridgehead atoms. The number of carbonyl (C=O) groups is 1. The molecule has 1 fully saturated rings. The molecule has 5 heteroatoms. The molecule has 0 spiro atoms. The van der Waals surface area contributed by atoms with Crippen molar-refractivity contribution in [2.24, 2.45) is 0 Å². The molecule has 2 atom stereocenters. The summed E-state index contributed by atoms with van der Waals surface area (Å²) in [5.41, 5.74) is 0.634. The van der Waals surface area contributed by atoms with Crippen molar-refractivity contribution in [2.75, 3.05) is 18.1 Å². The fourth-order valence-corrected chi connectivity index (χ4v) is 3.16. The Labute approximate surface area is 118 Å². The molecule has 1 amide bonds. The van der Waals surface area contributed by atoms with Gasteiger partial charge in [-0.1, -0.05) is 0 Å². The average Bonchev–Trinajstić information content (AvgIpc) is 2.87. The third-order valence-corrected chi connectivity index (χ3v) is 4.53. The maximum Gasteiger partial charge on any atom is 0.253 e. The molecule has 1 aliphatic carbocycles. The lowest BCUT2D eigenvalue weighted by molar-refractivity contribution is 0.0937. The summed E-state index contributed by atoms with van der Waals surface area (Å²) in [6.45, 7) is 2.85. The number of nitrogens with one attached hydrogen (secondary N) is 2. The third-order valence-electron chi connectivity index (χ3n) is 3.44. The molecule has 0 radical (unpaired) electrons. The van der Waals surface area contributed by atoms with Crippen LogP contribution in [0, 0.1) is 0 Å². The molecule has 0 aliphatic heterocycles. The minimum absolute atomic E-state index is 0.0118. The van der Waals surface area contributed by atoms with Crippen LogP contribution in [0.15, 0.2) is 18.3 Å². The van der Waals surface area contributed by atoms with Gasteiger partial charge in [-0.2, -0.15) is 11.8 Å². The number of carbonyl (C=O) groups excluding carboxylic acids is 1. The summed E-state index contributed by atoms with van der Waals surface area (Å²) in [5, 5.41) is 6.91. The second-order valence-corrected chi connectivity index (χ2v) is 5.94. The van der Waals surface area contributed by atoms with Crippen LogP contribution in [0.3, 0.4) is 0 Å². The Morgan fingerprint density at radius 2 is 2.32 bits per heavy atom. The van der Waals surface area contributed by atoms with Crippen LogP contribution < -0.4 is 10.6 Å². The molecule has 1 saturated carbocycles. The molecular formula is C14H21N3OS. The lowest BCUT2D eigenvalue weighted by atomic mass is 10.2. The zero-order valence-electron chi connectivity index (χ0n) is 11.5. The van der Waals surface area contributed by atoms with E-state index in [2.05, 4.69) is 21.9 Å². The largest absolute Gasteiger partial charge is 0.370 e. The molecule has 1 heterocycles. The van der Waals surface area contributed by atoms with Gasteiger partial charge in [-0.3, -0.25) is 4.79 Å². The second-order valence-electron chi connectivity index (χ2n) is 4.80. The molecule has 104 valence electrons. The molecule has 1 aromatic rings. The first-order valence-electron chi connectivity index (χ1n) is 6.76. The number of thioether (sulfide) groups is 1. The summed E-state index contributed by atoms with van der Waals surface area (Å²) in [5.74, 6) is 0.796. The maximum atomic E-state index is 12.1. The highest BCUT2D eigenvalue weighted by Gasteiger charge is 2.25. The van der Waals surface area contributed by atoms with Gasteiger partial charge in [-0.25, -0.2) is 4.98 Å². The molecule has 2 unspecified atom stereocenters. The van der Waals surface area contributed by atoms with E-state index in [0.717, 1.165) is 25.2 Å². The van der Waals surface area contributed by atoms with Crippen molar-refractivity contribution >= 4 is 23.5 Å². The van der Waals surface area contributed by atoms with Gasteiger partial charge in [0.1, 0.15) is 5.82 Å². The van der Waals surface area contributed by atoms with Crippen molar-refractivity contribution in [2.45, 2.75) is 37.5 Å². The average molecular weight is 279 g/mol. The van der Waals surface area contributed by atoms with E-state index in [0.29, 0.717) is 16.9 Å². The van der Waals surface area contributed by atoms with E-state index >= 15 is 0 Å². The first kappa shape index (κ1) is 14.2. The van der Waals surface area contributed by atoms with Gasteiger partial charge in [0.05, 0.1) is 5.56 Å². The Bertz CT molecular complexity index is 421. The normalized spacial score (nSPS) is 22.2. The summed E-state index contributed by atoms with van der Waals surface area (Å²) < 4.78 is 0. The van der Waals surface area contributed by atoms with E-state index in [9.17, 15) is 4.79 Å². The number of anilines is 1. The Morgan fingerprint density at radius 3 is 2.89 bits per heavy atom. The zero-order chi connectivity index (χ0) is 13.7. The molecule has 2 rings (SSSR count). The molecule has 1 aliphatic rings.